The van der Waals surface area contributed by atoms with Gasteiger partial charge in [0.2, 0.25) is 0 Å². The molecule has 1 aromatic rings. The fraction of sp³-hybridized carbons (Fsp3) is 0.700. The van der Waals surface area contributed by atoms with Gasteiger partial charge in [-0.15, -0.1) is 0 Å². The molecule has 1 N–H and O–H groups in total. The SMILES string of the molecule is Cn1ccnc1CCC1CCNC1. The van der Waals surface area contributed by atoms with Crippen LogP contribution in [-0.4, -0.2) is 22.6 Å². The molecule has 72 valence electrons. The molecule has 3 nitrogen and oxygen atoms in total. The molecule has 3 heteroatoms. The van der Waals surface area contributed by atoms with Crippen molar-refractivity contribution < 1.29 is 0 Å². The van der Waals surface area contributed by atoms with E-state index in [2.05, 4.69) is 21.9 Å². The first-order valence-electron chi connectivity index (χ1n) is 5.03. The molecule has 0 spiro atoms. The fourth-order valence-electron chi connectivity index (χ4n) is 1.93. The quantitative estimate of drug-likeness (QED) is 0.749. The van der Waals surface area contributed by atoms with Crippen LogP contribution in [0.5, 0.6) is 0 Å². The summed E-state index contributed by atoms with van der Waals surface area (Å²) in [4.78, 5) is 4.32. The van der Waals surface area contributed by atoms with Crippen molar-refractivity contribution in [2.75, 3.05) is 13.1 Å². The number of imidazole rings is 1. The number of hydrogen-bond acceptors (Lipinski definition) is 2. The normalized spacial score (nSPS) is 22.4. The van der Waals surface area contributed by atoms with Crippen LogP contribution in [0.2, 0.25) is 0 Å². The molecule has 1 fully saturated rings. The minimum absolute atomic E-state index is 0.872. The van der Waals surface area contributed by atoms with Crippen molar-refractivity contribution in [3.8, 4) is 0 Å². The summed E-state index contributed by atoms with van der Waals surface area (Å²) in [5, 5.41) is 3.39. The average molecular weight is 179 g/mol. The van der Waals surface area contributed by atoms with Gasteiger partial charge in [-0.25, -0.2) is 4.98 Å². The molecule has 1 aliphatic heterocycles. The first kappa shape index (κ1) is 8.75. The largest absolute Gasteiger partial charge is 0.338 e. The lowest BCUT2D eigenvalue weighted by Gasteiger charge is -2.07. The summed E-state index contributed by atoms with van der Waals surface area (Å²) >= 11 is 0. The summed E-state index contributed by atoms with van der Waals surface area (Å²) in [7, 11) is 2.06. The third-order valence-electron chi connectivity index (χ3n) is 2.86. The second-order valence-electron chi connectivity index (χ2n) is 3.85. The molecule has 0 bridgehead atoms. The van der Waals surface area contributed by atoms with Gasteiger partial charge in [0.15, 0.2) is 0 Å². The van der Waals surface area contributed by atoms with E-state index in [1.165, 1.54) is 31.8 Å². The van der Waals surface area contributed by atoms with Crippen LogP contribution >= 0.6 is 0 Å². The number of nitrogens with one attached hydrogen (secondary N) is 1. The van der Waals surface area contributed by atoms with Gasteiger partial charge in [-0.05, 0) is 31.8 Å². The van der Waals surface area contributed by atoms with E-state index in [1.54, 1.807) is 0 Å². The predicted octanol–water partition coefficient (Wildman–Crippen LogP) is 0.962. The zero-order valence-electron chi connectivity index (χ0n) is 8.16. The molecule has 1 saturated heterocycles. The number of aromatic nitrogens is 2. The van der Waals surface area contributed by atoms with Gasteiger partial charge in [-0.1, -0.05) is 0 Å². The van der Waals surface area contributed by atoms with Gasteiger partial charge in [0.05, 0.1) is 0 Å². The van der Waals surface area contributed by atoms with Crippen molar-refractivity contribution in [2.45, 2.75) is 19.3 Å². The van der Waals surface area contributed by atoms with Gasteiger partial charge in [0, 0.05) is 25.9 Å². The maximum absolute atomic E-state index is 4.32. The lowest BCUT2D eigenvalue weighted by molar-refractivity contribution is 0.519. The molecule has 1 atom stereocenters. The highest BCUT2D eigenvalue weighted by Crippen LogP contribution is 2.14. The van der Waals surface area contributed by atoms with Crippen molar-refractivity contribution in [2.24, 2.45) is 13.0 Å². The Hall–Kier alpha value is -0.830. The minimum atomic E-state index is 0.872. The summed E-state index contributed by atoms with van der Waals surface area (Å²) in [5.74, 6) is 2.09. The van der Waals surface area contributed by atoms with Crippen LogP contribution in [-0.2, 0) is 13.5 Å². The van der Waals surface area contributed by atoms with Crippen molar-refractivity contribution in [3.63, 3.8) is 0 Å². The molecule has 0 radical (unpaired) electrons. The molecule has 1 unspecified atom stereocenters. The average Bonchev–Trinajstić information content (AvgIpc) is 2.72. The lowest BCUT2D eigenvalue weighted by atomic mass is 10.0. The van der Waals surface area contributed by atoms with E-state index in [0.29, 0.717) is 0 Å². The van der Waals surface area contributed by atoms with E-state index in [0.717, 1.165) is 12.3 Å². The number of aryl methyl sites for hydroxylation is 2. The van der Waals surface area contributed by atoms with E-state index in [1.807, 2.05) is 12.4 Å². The Labute approximate surface area is 79.2 Å². The standard InChI is InChI=1S/C10H17N3/c1-13-7-6-12-10(13)3-2-9-4-5-11-8-9/h6-7,9,11H,2-5,8H2,1H3. The molecule has 1 aromatic heterocycles. The van der Waals surface area contributed by atoms with Gasteiger partial charge in [-0.3, -0.25) is 0 Å². The van der Waals surface area contributed by atoms with E-state index >= 15 is 0 Å². The summed E-state index contributed by atoms with van der Waals surface area (Å²) in [5.41, 5.74) is 0. The summed E-state index contributed by atoms with van der Waals surface area (Å²) < 4.78 is 2.11. The van der Waals surface area contributed by atoms with Crippen molar-refractivity contribution in [1.82, 2.24) is 14.9 Å². The molecule has 0 saturated carbocycles. The van der Waals surface area contributed by atoms with Crippen LogP contribution < -0.4 is 5.32 Å². The summed E-state index contributed by atoms with van der Waals surface area (Å²) in [6, 6.07) is 0. The number of hydrogen-bond donors (Lipinski definition) is 1. The van der Waals surface area contributed by atoms with Crippen LogP contribution in [0.25, 0.3) is 0 Å². The monoisotopic (exact) mass is 179 g/mol. The third-order valence-corrected chi connectivity index (χ3v) is 2.86. The lowest BCUT2D eigenvalue weighted by Crippen LogP contribution is -2.10. The predicted molar refractivity (Wildman–Crippen MR) is 52.5 cm³/mol. The van der Waals surface area contributed by atoms with Crippen LogP contribution in [0.3, 0.4) is 0 Å². The molecule has 0 aliphatic carbocycles. The molecule has 13 heavy (non-hydrogen) atoms. The summed E-state index contributed by atoms with van der Waals surface area (Å²) in [6.07, 6.45) is 7.63. The van der Waals surface area contributed by atoms with E-state index < -0.39 is 0 Å². The minimum Gasteiger partial charge on any atom is -0.338 e. The highest BCUT2D eigenvalue weighted by Gasteiger charge is 2.14. The molecule has 0 aromatic carbocycles. The molecular formula is C10H17N3. The van der Waals surface area contributed by atoms with Crippen LogP contribution in [0, 0.1) is 5.92 Å². The van der Waals surface area contributed by atoms with E-state index in [-0.39, 0.29) is 0 Å². The Kier molecular flexibility index (Phi) is 2.64. The van der Waals surface area contributed by atoms with E-state index in [4.69, 9.17) is 0 Å². The Morgan fingerprint density at radius 1 is 1.69 bits per heavy atom. The molecule has 0 amide bonds. The maximum Gasteiger partial charge on any atom is 0.108 e. The highest BCUT2D eigenvalue weighted by molar-refractivity contribution is 4.91. The Bertz CT molecular complexity index is 261. The van der Waals surface area contributed by atoms with Gasteiger partial charge < -0.3 is 9.88 Å². The summed E-state index contributed by atoms with van der Waals surface area (Å²) in [6.45, 7) is 2.40. The maximum atomic E-state index is 4.32. The van der Waals surface area contributed by atoms with Gasteiger partial charge in [0.25, 0.3) is 0 Å². The van der Waals surface area contributed by atoms with Gasteiger partial charge >= 0.3 is 0 Å². The molecular weight excluding hydrogens is 162 g/mol. The zero-order chi connectivity index (χ0) is 9.10. The Morgan fingerprint density at radius 2 is 2.62 bits per heavy atom. The number of rotatable bonds is 3. The Balaban J connectivity index is 1.82. The Morgan fingerprint density at radius 3 is 3.23 bits per heavy atom. The van der Waals surface area contributed by atoms with Gasteiger partial charge in [0.1, 0.15) is 5.82 Å². The number of nitrogens with zero attached hydrogens (tertiary/aromatic N) is 2. The molecule has 2 heterocycles. The van der Waals surface area contributed by atoms with Crippen LogP contribution in [0.15, 0.2) is 12.4 Å². The van der Waals surface area contributed by atoms with Crippen LogP contribution in [0.4, 0.5) is 0 Å². The first-order chi connectivity index (χ1) is 6.36. The van der Waals surface area contributed by atoms with Crippen molar-refractivity contribution >= 4 is 0 Å². The smallest absolute Gasteiger partial charge is 0.108 e. The molecule has 1 aliphatic rings. The highest BCUT2D eigenvalue weighted by atomic mass is 15.0. The molecule has 2 rings (SSSR count). The fourth-order valence-corrected chi connectivity index (χ4v) is 1.93. The first-order valence-corrected chi connectivity index (χ1v) is 5.03. The van der Waals surface area contributed by atoms with Gasteiger partial charge in [-0.2, -0.15) is 0 Å². The van der Waals surface area contributed by atoms with Crippen molar-refractivity contribution in [1.29, 1.82) is 0 Å². The van der Waals surface area contributed by atoms with Crippen molar-refractivity contribution in [3.05, 3.63) is 18.2 Å². The van der Waals surface area contributed by atoms with Crippen LogP contribution in [0.1, 0.15) is 18.7 Å². The van der Waals surface area contributed by atoms with E-state index in [9.17, 15) is 0 Å². The third kappa shape index (κ3) is 2.10. The second-order valence-corrected chi connectivity index (χ2v) is 3.85. The topological polar surface area (TPSA) is 29.9 Å². The second kappa shape index (κ2) is 3.92. The zero-order valence-corrected chi connectivity index (χ0v) is 8.16.